The standard InChI is InChI=1S/C13H23N3/c1-9(2)14-7-10(3)8-16-13(6)11(4)12(5)15-16/h9,14H,3,7-8H2,1-2,4-6H3. The largest absolute Gasteiger partial charge is 0.311 e. The van der Waals surface area contributed by atoms with Crippen LogP contribution in [0.2, 0.25) is 0 Å². The Hall–Kier alpha value is -1.09. The van der Waals surface area contributed by atoms with Crippen molar-refractivity contribution in [1.82, 2.24) is 15.1 Å². The van der Waals surface area contributed by atoms with Crippen molar-refractivity contribution in [3.63, 3.8) is 0 Å². The summed E-state index contributed by atoms with van der Waals surface area (Å²) in [4.78, 5) is 0. The highest BCUT2D eigenvalue weighted by atomic mass is 15.3. The monoisotopic (exact) mass is 221 g/mol. The van der Waals surface area contributed by atoms with Gasteiger partial charge >= 0.3 is 0 Å². The van der Waals surface area contributed by atoms with Crippen molar-refractivity contribution in [2.75, 3.05) is 6.54 Å². The lowest BCUT2D eigenvalue weighted by atomic mass is 10.2. The number of nitrogens with one attached hydrogen (secondary N) is 1. The van der Waals surface area contributed by atoms with Crippen molar-refractivity contribution in [2.24, 2.45) is 0 Å². The van der Waals surface area contributed by atoms with Crippen molar-refractivity contribution < 1.29 is 0 Å². The number of hydrogen-bond donors (Lipinski definition) is 1. The fourth-order valence-electron chi connectivity index (χ4n) is 1.56. The summed E-state index contributed by atoms with van der Waals surface area (Å²) >= 11 is 0. The molecule has 1 aromatic rings. The molecule has 0 radical (unpaired) electrons. The minimum absolute atomic E-state index is 0.499. The molecule has 0 aliphatic rings. The summed E-state index contributed by atoms with van der Waals surface area (Å²) in [6, 6.07) is 0.499. The van der Waals surface area contributed by atoms with E-state index in [9.17, 15) is 0 Å². The Bertz CT molecular complexity index is 375. The van der Waals surface area contributed by atoms with Crippen molar-refractivity contribution in [1.29, 1.82) is 0 Å². The molecule has 16 heavy (non-hydrogen) atoms. The van der Waals surface area contributed by atoms with Gasteiger partial charge in [0.05, 0.1) is 12.2 Å². The van der Waals surface area contributed by atoms with Gasteiger partial charge in [0.25, 0.3) is 0 Å². The van der Waals surface area contributed by atoms with Crippen molar-refractivity contribution >= 4 is 0 Å². The lowest BCUT2D eigenvalue weighted by Gasteiger charge is -2.11. The van der Waals surface area contributed by atoms with Gasteiger partial charge in [0.2, 0.25) is 0 Å². The van der Waals surface area contributed by atoms with Crippen LogP contribution >= 0.6 is 0 Å². The molecule has 0 unspecified atom stereocenters. The maximum atomic E-state index is 4.50. The van der Waals surface area contributed by atoms with Crippen molar-refractivity contribution in [2.45, 2.75) is 47.2 Å². The van der Waals surface area contributed by atoms with E-state index in [1.54, 1.807) is 0 Å². The Labute approximate surface area is 98.5 Å². The summed E-state index contributed by atoms with van der Waals surface area (Å²) in [6.45, 7) is 16.3. The summed E-state index contributed by atoms with van der Waals surface area (Å²) in [5, 5.41) is 7.87. The molecule has 0 aromatic carbocycles. The Morgan fingerprint density at radius 1 is 1.38 bits per heavy atom. The summed E-state index contributed by atoms with van der Waals surface area (Å²) in [5.74, 6) is 0. The van der Waals surface area contributed by atoms with Crippen LogP contribution < -0.4 is 5.32 Å². The van der Waals surface area contributed by atoms with E-state index in [0.717, 1.165) is 18.8 Å². The molecule has 1 N–H and O–H groups in total. The smallest absolute Gasteiger partial charge is 0.0632 e. The minimum Gasteiger partial charge on any atom is -0.311 e. The van der Waals surface area contributed by atoms with Gasteiger partial charge in [0.15, 0.2) is 0 Å². The topological polar surface area (TPSA) is 29.9 Å². The van der Waals surface area contributed by atoms with Crippen molar-refractivity contribution in [3.05, 3.63) is 29.1 Å². The van der Waals surface area contributed by atoms with E-state index in [0.29, 0.717) is 6.04 Å². The summed E-state index contributed by atoms with van der Waals surface area (Å²) < 4.78 is 2.04. The second-order valence-corrected chi connectivity index (χ2v) is 4.74. The lowest BCUT2D eigenvalue weighted by molar-refractivity contribution is 0.581. The zero-order valence-electron chi connectivity index (χ0n) is 11.1. The molecular formula is C13H23N3. The molecule has 0 fully saturated rings. The molecule has 0 amide bonds. The van der Waals surface area contributed by atoms with Crippen molar-refractivity contribution in [3.8, 4) is 0 Å². The van der Waals surface area contributed by atoms with E-state index >= 15 is 0 Å². The number of aryl methyl sites for hydroxylation is 1. The first-order valence-corrected chi connectivity index (χ1v) is 5.82. The molecule has 1 aromatic heterocycles. The molecule has 1 heterocycles. The molecular weight excluding hydrogens is 198 g/mol. The van der Waals surface area contributed by atoms with E-state index in [1.165, 1.54) is 16.8 Å². The molecule has 0 bridgehead atoms. The van der Waals surface area contributed by atoms with E-state index in [1.807, 2.05) is 11.6 Å². The Kier molecular flexibility index (Phi) is 4.30. The predicted molar refractivity (Wildman–Crippen MR) is 68.7 cm³/mol. The van der Waals surface area contributed by atoms with Gasteiger partial charge in [-0.1, -0.05) is 20.4 Å². The van der Waals surface area contributed by atoms with E-state index in [-0.39, 0.29) is 0 Å². The molecule has 0 aliphatic heterocycles. The molecule has 0 aliphatic carbocycles. The first-order chi connectivity index (χ1) is 7.41. The fourth-order valence-corrected chi connectivity index (χ4v) is 1.56. The van der Waals surface area contributed by atoms with E-state index in [4.69, 9.17) is 0 Å². The molecule has 3 heteroatoms. The van der Waals surface area contributed by atoms with Gasteiger partial charge in [-0.2, -0.15) is 5.10 Å². The molecule has 3 nitrogen and oxygen atoms in total. The van der Waals surface area contributed by atoms with Crippen LogP contribution in [0.4, 0.5) is 0 Å². The maximum Gasteiger partial charge on any atom is 0.0632 e. The molecule has 0 saturated heterocycles. The number of rotatable bonds is 5. The first-order valence-electron chi connectivity index (χ1n) is 5.82. The van der Waals surface area contributed by atoms with Crippen LogP contribution in [0.1, 0.15) is 30.8 Å². The molecule has 0 atom stereocenters. The minimum atomic E-state index is 0.499. The van der Waals surface area contributed by atoms with Gasteiger partial charge in [0.1, 0.15) is 0 Å². The molecule has 1 rings (SSSR count). The third-order valence-electron chi connectivity index (χ3n) is 2.88. The van der Waals surface area contributed by atoms with Crippen LogP contribution in [-0.2, 0) is 6.54 Å². The second kappa shape index (κ2) is 5.30. The van der Waals surface area contributed by atoms with Crippen LogP contribution in [0.15, 0.2) is 12.2 Å². The van der Waals surface area contributed by atoms with Crippen LogP contribution in [0.3, 0.4) is 0 Å². The normalized spacial score (nSPS) is 11.1. The summed E-state index contributed by atoms with van der Waals surface area (Å²) in [5.41, 5.74) is 4.80. The van der Waals surface area contributed by atoms with Gasteiger partial charge in [-0.15, -0.1) is 0 Å². The lowest BCUT2D eigenvalue weighted by Crippen LogP contribution is -2.26. The highest BCUT2D eigenvalue weighted by Crippen LogP contribution is 2.11. The third-order valence-corrected chi connectivity index (χ3v) is 2.88. The fraction of sp³-hybridized carbons (Fsp3) is 0.615. The Morgan fingerprint density at radius 3 is 2.44 bits per heavy atom. The summed E-state index contributed by atoms with van der Waals surface area (Å²) in [6.07, 6.45) is 0. The van der Waals surface area contributed by atoms with Crippen LogP contribution in [0.5, 0.6) is 0 Å². The van der Waals surface area contributed by atoms with Gasteiger partial charge in [-0.3, -0.25) is 4.68 Å². The Balaban J connectivity index is 2.60. The number of nitrogens with zero attached hydrogens (tertiary/aromatic N) is 2. The van der Waals surface area contributed by atoms with Gasteiger partial charge in [-0.25, -0.2) is 0 Å². The molecule has 0 saturated carbocycles. The molecule has 90 valence electrons. The first kappa shape index (κ1) is 13.0. The van der Waals surface area contributed by atoms with Gasteiger partial charge in [0, 0.05) is 18.3 Å². The number of hydrogen-bond acceptors (Lipinski definition) is 2. The highest BCUT2D eigenvalue weighted by molar-refractivity contribution is 5.22. The molecule has 0 spiro atoms. The third kappa shape index (κ3) is 3.20. The van der Waals surface area contributed by atoms with Crippen LogP contribution in [0.25, 0.3) is 0 Å². The average Bonchev–Trinajstić information content (AvgIpc) is 2.43. The second-order valence-electron chi connectivity index (χ2n) is 4.74. The van der Waals surface area contributed by atoms with Gasteiger partial charge < -0.3 is 5.32 Å². The maximum absolute atomic E-state index is 4.50. The van der Waals surface area contributed by atoms with E-state index < -0.39 is 0 Å². The SMILES string of the molecule is C=C(CNC(C)C)Cn1nc(C)c(C)c1C. The van der Waals surface area contributed by atoms with E-state index in [2.05, 4.69) is 44.7 Å². The highest BCUT2D eigenvalue weighted by Gasteiger charge is 2.07. The van der Waals surface area contributed by atoms with Gasteiger partial charge in [-0.05, 0) is 31.9 Å². The predicted octanol–water partition coefficient (Wildman–Crippen LogP) is 2.36. The zero-order valence-corrected chi connectivity index (χ0v) is 11.1. The zero-order chi connectivity index (χ0) is 12.3. The van der Waals surface area contributed by atoms with Crippen LogP contribution in [-0.4, -0.2) is 22.4 Å². The average molecular weight is 221 g/mol. The summed E-state index contributed by atoms with van der Waals surface area (Å²) in [7, 11) is 0. The Morgan fingerprint density at radius 2 is 2.00 bits per heavy atom. The number of aromatic nitrogens is 2. The van der Waals surface area contributed by atoms with Crippen LogP contribution in [0, 0.1) is 20.8 Å². The quantitative estimate of drug-likeness (QED) is 0.774.